The summed E-state index contributed by atoms with van der Waals surface area (Å²) in [7, 11) is 0. The van der Waals surface area contributed by atoms with Gasteiger partial charge in [-0.3, -0.25) is 14.5 Å². The fourth-order valence-electron chi connectivity index (χ4n) is 3.76. The van der Waals surface area contributed by atoms with E-state index in [4.69, 9.17) is 4.74 Å². The molecule has 2 N–H and O–H groups in total. The highest BCUT2D eigenvalue weighted by Gasteiger charge is 2.42. The number of nitrogens with zero attached hydrogens (tertiary/aromatic N) is 3. The van der Waals surface area contributed by atoms with Crippen LogP contribution < -0.4 is 20.4 Å². The summed E-state index contributed by atoms with van der Waals surface area (Å²) in [6, 6.07) is 7.25. The zero-order chi connectivity index (χ0) is 24.3. The predicted octanol–water partition coefficient (Wildman–Crippen LogP) is 2.87. The van der Waals surface area contributed by atoms with E-state index in [0.29, 0.717) is 25.3 Å². The third-order valence-electron chi connectivity index (χ3n) is 5.32. The first-order chi connectivity index (χ1) is 15.5. The van der Waals surface area contributed by atoms with E-state index in [1.165, 1.54) is 18.7 Å². The van der Waals surface area contributed by atoms with Crippen LogP contribution in [0.2, 0.25) is 0 Å². The number of anilines is 2. The van der Waals surface area contributed by atoms with Crippen molar-refractivity contribution in [2.75, 3.05) is 42.5 Å². The van der Waals surface area contributed by atoms with Gasteiger partial charge in [-0.15, -0.1) is 0 Å². The number of rotatable bonds is 6. The lowest BCUT2D eigenvalue weighted by Crippen LogP contribution is -2.63. The maximum Gasteiger partial charge on any atom is 0.414 e. The number of alkyl halides is 4. The van der Waals surface area contributed by atoms with Crippen molar-refractivity contribution >= 4 is 77.1 Å². The van der Waals surface area contributed by atoms with Crippen molar-refractivity contribution in [1.29, 1.82) is 0 Å². The normalized spacial score (nSPS) is 22.7. The molecule has 0 radical (unpaired) electrons. The zero-order valence-corrected chi connectivity index (χ0v) is 22.8. The van der Waals surface area contributed by atoms with Crippen molar-refractivity contribution in [3.63, 3.8) is 0 Å². The topological polar surface area (TPSA) is 94.2 Å². The number of cyclic esters (lactones) is 1. The van der Waals surface area contributed by atoms with Gasteiger partial charge in [0.2, 0.25) is 11.8 Å². The molecule has 0 aliphatic carbocycles. The summed E-state index contributed by atoms with van der Waals surface area (Å²) in [6.07, 6.45) is -2.86. The average molecular weight is 658 g/mol. The number of halogens is 4. The summed E-state index contributed by atoms with van der Waals surface area (Å²) < 4.78 is 19.5. The molecule has 0 spiro atoms. The highest BCUT2D eigenvalue weighted by Crippen LogP contribution is 2.40. The van der Waals surface area contributed by atoms with Gasteiger partial charge in [0.05, 0.1) is 19.6 Å². The summed E-state index contributed by atoms with van der Waals surface area (Å²) in [5.74, 6) is -0.453. The molecule has 0 aromatic heterocycles. The van der Waals surface area contributed by atoms with Gasteiger partial charge >= 0.3 is 6.09 Å². The molecule has 2 fully saturated rings. The molecule has 3 rings (SSSR count). The first-order valence-electron chi connectivity index (χ1n) is 10.3. The van der Waals surface area contributed by atoms with Gasteiger partial charge in [0.1, 0.15) is 12.3 Å². The molecular formula is C20H25Br3FN5O4. The van der Waals surface area contributed by atoms with Crippen molar-refractivity contribution in [3.8, 4) is 0 Å². The highest BCUT2D eigenvalue weighted by atomic mass is 80.0. The van der Waals surface area contributed by atoms with E-state index < -0.39 is 26.8 Å². The number of ether oxygens (including phenoxy) is 1. The second-order valence-corrected chi connectivity index (χ2v) is 14.8. The fourth-order valence-corrected chi connectivity index (χ4v) is 4.90. The van der Waals surface area contributed by atoms with Crippen molar-refractivity contribution in [2.45, 2.75) is 34.6 Å². The van der Waals surface area contributed by atoms with Gasteiger partial charge in [0, 0.05) is 38.3 Å². The summed E-state index contributed by atoms with van der Waals surface area (Å²) in [6.45, 7) is 4.42. The molecule has 33 heavy (non-hydrogen) atoms. The van der Waals surface area contributed by atoms with E-state index in [-0.39, 0.29) is 24.9 Å². The van der Waals surface area contributed by atoms with Gasteiger partial charge in [-0.2, -0.15) is 0 Å². The Balaban J connectivity index is 1.62. The van der Waals surface area contributed by atoms with E-state index in [9.17, 15) is 14.4 Å². The Kier molecular flexibility index (Phi) is 8.62. The quantitative estimate of drug-likeness (QED) is 0.361. The predicted molar refractivity (Wildman–Crippen MR) is 134 cm³/mol. The first-order valence-corrected chi connectivity index (χ1v) is 12.6. The van der Waals surface area contributed by atoms with Crippen LogP contribution in [-0.4, -0.2) is 76.2 Å². The van der Waals surface area contributed by atoms with E-state index >= 15 is 4.39 Å². The third kappa shape index (κ3) is 6.80. The molecule has 182 valence electrons. The van der Waals surface area contributed by atoms with E-state index in [1.54, 1.807) is 17.0 Å². The molecular weight excluding hydrogens is 633 g/mol. The molecule has 0 saturated carbocycles. The van der Waals surface area contributed by atoms with Gasteiger partial charge in [-0.1, -0.05) is 47.8 Å². The second kappa shape index (κ2) is 10.9. The summed E-state index contributed by atoms with van der Waals surface area (Å²) in [5, 5.41) is 5.40. The third-order valence-corrected chi connectivity index (χ3v) is 6.62. The molecule has 3 atom stereocenters. The van der Waals surface area contributed by atoms with Gasteiger partial charge in [0.15, 0.2) is 8.44 Å². The Morgan fingerprint density at radius 2 is 1.76 bits per heavy atom. The number of nitrogens with one attached hydrogen (secondary N) is 2. The van der Waals surface area contributed by atoms with Crippen molar-refractivity contribution in [1.82, 2.24) is 15.5 Å². The van der Waals surface area contributed by atoms with Gasteiger partial charge in [-0.25, -0.2) is 14.1 Å². The van der Waals surface area contributed by atoms with E-state index in [0.717, 1.165) is 5.69 Å². The lowest BCUT2D eigenvalue weighted by molar-refractivity contribution is -0.122. The Labute approximate surface area is 216 Å². The van der Waals surface area contributed by atoms with Crippen LogP contribution in [-0.2, 0) is 14.3 Å². The van der Waals surface area contributed by atoms with Crippen molar-refractivity contribution in [2.24, 2.45) is 0 Å². The Bertz CT molecular complexity index is 885. The maximum absolute atomic E-state index is 15.1. The molecule has 1 aromatic rings. The van der Waals surface area contributed by atoms with Crippen LogP contribution in [0, 0.1) is 0 Å². The van der Waals surface area contributed by atoms with Gasteiger partial charge in [-0.05, 0) is 24.3 Å². The zero-order valence-electron chi connectivity index (χ0n) is 18.1. The largest absolute Gasteiger partial charge is 0.442 e. The molecule has 1 aromatic carbocycles. The van der Waals surface area contributed by atoms with E-state index in [1.807, 2.05) is 17.0 Å². The molecule has 2 heterocycles. The van der Waals surface area contributed by atoms with Crippen LogP contribution in [0.15, 0.2) is 24.3 Å². The van der Waals surface area contributed by atoms with Gasteiger partial charge in [0.25, 0.3) is 0 Å². The van der Waals surface area contributed by atoms with Crippen LogP contribution in [0.1, 0.15) is 13.8 Å². The van der Waals surface area contributed by atoms with Crippen LogP contribution >= 0.6 is 47.8 Å². The fraction of sp³-hybridized carbons (Fsp3) is 0.550. The molecule has 3 amide bonds. The van der Waals surface area contributed by atoms with Crippen molar-refractivity contribution < 1.29 is 23.5 Å². The number of amides is 3. The first kappa shape index (κ1) is 26.2. The molecule has 2 aliphatic heterocycles. The smallest absolute Gasteiger partial charge is 0.414 e. The molecule has 2 aliphatic rings. The van der Waals surface area contributed by atoms with E-state index in [2.05, 4.69) is 58.4 Å². The molecule has 9 nitrogen and oxygen atoms in total. The highest BCUT2D eigenvalue weighted by molar-refractivity contribution is 9.39. The summed E-state index contributed by atoms with van der Waals surface area (Å²) in [5.41, 5.74) is 1.49. The number of piperazine rings is 1. The van der Waals surface area contributed by atoms with Crippen LogP contribution in [0.5, 0.6) is 0 Å². The molecule has 2 saturated heterocycles. The lowest BCUT2D eigenvalue weighted by atomic mass is 10.2. The molecule has 13 heteroatoms. The number of carbonyl (C=O) groups is 3. The second-order valence-electron chi connectivity index (χ2n) is 7.83. The summed E-state index contributed by atoms with van der Waals surface area (Å²) >= 11 is 10.2. The minimum absolute atomic E-state index is 0.114. The molecule has 0 bridgehead atoms. The van der Waals surface area contributed by atoms with Gasteiger partial charge < -0.3 is 20.3 Å². The number of hydrogen-bond donors (Lipinski definition) is 2. The number of carbonyl (C=O) groups excluding carboxylic acids is 3. The monoisotopic (exact) mass is 655 g/mol. The van der Waals surface area contributed by atoms with Crippen LogP contribution in [0.25, 0.3) is 0 Å². The minimum Gasteiger partial charge on any atom is -0.442 e. The molecule has 2 unspecified atom stereocenters. The van der Waals surface area contributed by atoms with Crippen LogP contribution in [0.4, 0.5) is 20.6 Å². The Morgan fingerprint density at radius 3 is 2.30 bits per heavy atom. The standard InChI is InChI=1S/C20H25Br3FN5O4/c1-12(30)25-9-16-10-29(19(32)33-16)15-5-3-14(4-6-15)27-7-8-28(17(24)11-27)18(20(21,22)23)26-13(2)31/h3-6,16-18H,7-11H2,1-2H3,(H,25,30)(H,26,31)/t16?,17-,18?/m1/s1. The maximum atomic E-state index is 15.1. The van der Waals surface area contributed by atoms with Crippen LogP contribution in [0.3, 0.4) is 0 Å². The summed E-state index contributed by atoms with van der Waals surface area (Å²) in [4.78, 5) is 39.9. The van der Waals surface area contributed by atoms with Crippen molar-refractivity contribution in [3.05, 3.63) is 24.3 Å². The number of benzene rings is 1. The Morgan fingerprint density at radius 1 is 1.12 bits per heavy atom. The average Bonchev–Trinajstić information content (AvgIpc) is 3.10. The number of hydrogen-bond acceptors (Lipinski definition) is 6. The SMILES string of the molecule is CC(=O)NCC1CN(c2ccc(N3CCN(C(NC(C)=O)C(Br)(Br)Br)[C@@H](F)C3)cc2)C(=O)O1. The Hall–Kier alpha value is -1.44. The minimum atomic E-state index is -1.33. The lowest BCUT2D eigenvalue weighted by Gasteiger charge is -2.44.